The van der Waals surface area contributed by atoms with E-state index in [1.165, 1.54) is 137 Å². The molecule has 8 amide bonds. The minimum Gasteiger partial charge on any atom is -0.481 e. The van der Waals surface area contributed by atoms with E-state index >= 15 is 0 Å². The molecule has 0 saturated carbocycles. The van der Waals surface area contributed by atoms with Gasteiger partial charge in [-0.05, 0) is 301 Å². The summed E-state index contributed by atoms with van der Waals surface area (Å²) in [7, 11) is 1.45. The van der Waals surface area contributed by atoms with Crippen molar-refractivity contribution in [1.82, 2.24) is 25.3 Å². The lowest BCUT2D eigenvalue weighted by atomic mass is 10.00. The summed E-state index contributed by atoms with van der Waals surface area (Å²) in [6, 6.07) is 10.1. The van der Waals surface area contributed by atoms with Crippen LogP contribution in [-0.2, 0) is 68.5 Å². The predicted molar refractivity (Wildman–Crippen MR) is 605 cm³/mol. The molecule has 7 heterocycles. The average Bonchev–Trinajstić information content (AvgIpc) is 1.42. The monoisotopic (exact) mass is 2110 g/mol. The van der Waals surface area contributed by atoms with Crippen LogP contribution in [0.15, 0.2) is 81.8 Å². The highest BCUT2D eigenvalue weighted by Crippen LogP contribution is 2.32. The van der Waals surface area contributed by atoms with Crippen LogP contribution in [0.5, 0.6) is 0 Å². The van der Waals surface area contributed by atoms with Crippen molar-refractivity contribution in [2.75, 3.05) is 13.7 Å². The van der Waals surface area contributed by atoms with Crippen molar-refractivity contribution in [3.8, 4) is 0 Å². The van der Waals surface area contributed by atoms with Crippen LogP contribution in [0.2, 0.25) is 0 Å². The molecule has 29 heteroatoms. The van der Waals surface area contributed by atoms with Gasteiger partial charge in [0.05, 0.1) is 49.4 Å². The second-order valence-corrected chi connectivity index (χ2v) is 46.2. The number of nitrogens with zero attached hydrogens (tertiary/aromatic N) is 6. The van der Waals surface area contributed by atoms with Gasteiger partial charge in [-0.2, -0.15) is 0 Å². The Bertz CT molecular complexity index is 3990. The second kappa shape index (κ2) is 79.0. The number of nitrogens with one attached hydrogen (secondary N) is 2. The number of methoxy groups -OCH3 is 1. The van der Waals surface area contributed by atoms with Gasteiger partial charge in [0.25, 0.3) is 0 Å². The minimum atomic E-state index is -0.836. The molecule has 9 atom stereocenters. The summed E-state index contributed by atoms with van der Waals surface area (Å²) in [4.78, 5) is 139. The molecule has 0 radical (unpaired) electrons. The third-order valence-electron chi connectivity index (χ3n) is 25.9. The lowest BCUT2D eigenvalue weighted by Crippen LogP contribution is -2.46. The fourth-order valence-electron chi connectivity index (χ4n) is 18.2. The zero-order valence-corrected chi connectivity index (χ0v) is 97.7. The van der Waals surface area contributed by atoms with E-state index in [-0.39, 0.29) is 91.1 Å². The van der Waals surface area contributed by atoms with Crippen molar-refractivity contribution in [2.45, 2.75) is 564 Å². The highest BCUT2D eigenvalue weighted by molar-refractivity contribution is 5.94. The fraction of sp³-hybridized carbons (Fsp3) is 0.788. The molecule has 0 aromatic heterocycles. The standard InChI is InChI=1S/C24H35N3O4.C18H33NO3.C18H31NO3.C16H27NO3.C16H29NO3.C13H26N2.C13H25NO.2ClH/c1-24(2,3)31-23(29)27-20(22(28)30-17-18-11-5-4-6-12-18)15-9-7-13-19-14-8-10-16-21(25)26-19;2*1-14(2)10-6-7-11-15-12-8-9-13-16(20)19(15)17(21)22-18(3,4)5;1-5-6-7-10-13-11-8-9-12-14(18)17(13)15(19)20-16(2,3)4;1-4-20-15-12-8-7-11-14(17-15)10-6-5-9-13(2)16(18)19-3;1-11(2)7-3-4-8-12-9-5-6-10-13(14)15-12;1-11(2)7-3-4-8-12-9-5-6-10-13(15)14-12;;/h4-7,9,11-12,19-20H,8,10,13-17H2,1-3H3,(H2,25,26)(H,27,29);14-15H,6-13H2,1-5H3;10,15H,6-9,11-13H2,1-5H3;5,13H,1,6-12H2,2-4H3;13-14H,4-12H2,1-3H3;11-12H,3-10H2,1-2H3,(H2,14,15);11-12H,3-10H2,1-2H3,(H,14,15);2*1H. The van der Waals surface area contributed by atoms with E-state index < -0.39 is 58.8 Å². The molecule has 7 aliphatic heterocycles. The molecule has 0 spiro atoms. The van der Waals surface area contributed by atoms with E-state index in [2.05, 4.69) is 88.7 Å². The predicted octanol–water partition coefficient (Wildman–Crippen LogP) is 29.4. The molecule has 6 N–H and O–H groups in total. The molecule has 147 heavy (non-hydrogen) atoms. The zero-order chi connectivity index (χ0) is 108. The number of nitrogens with two attached hydrogens (primary N) is 2. The smallest absolute Gasteiger partial charge is 0.417 e. The van der Waals surface area contributed by atoms with Gasteiger partial charge >= 0.3 is 36.3 Å². The molecule has 4 saturated heterocycles. The number of hydrogen-bond acceptors (Lipinski definition) is 22. The Morgan fingerprint density at radius 2 is 0.857 bits per heavy atom. The number of allylic oxidation sites excluding steroid dienone is 3. The highest BCUT2D eigenvalue weighted by atomic mass is 35.5. The topological polar surface area (TPSA) is 358 Å². The maximum Gasteiger partial charge on any atom is 0.417 e. The van der Waals surface area contributed by atoms with Crippen molar-refractivity contribution in [3.05, 3.63) is 72.4 Å². The summed E-state index contributed by atoms with van der Waals surface area (Å²) in [5.74, 6) is 4.33. The van der Waals surface area contributed by atoms with E-state index in [9.17, 15) is 47.9 Å². The van der Waals surface area contributed by atoms with Crippen molar-refractivity contribution >= 4 is 102 Å². The van der Waals surface area contributed by atoms with Crippen molar-refractivity contribution < 1.29 is 81.1 Å². The Morgan fingerprint density at radius 3 is 1.30 bits per heavy atom. The average molecular weight is 2110 g/mol. The van der Waals surface area contributed by atoms with Gasteiger partial charge in [0.2, 0.25) is 23.6 Å². The summed E-state index contributed by atoms with van der Waals surface area (Å²) < 4.78 is 37.3. The van der Waals surface area contributed by atoms with E-state index in [1.807, 2.05) is 125 Å². The van der Waals surface area contributed by atoms with Gasteiger partial charge in [-0.15, -0.1) is 31.4 Å². The van der Waals surface area contributed by atoms with Gasteiger partial charge in [-0.1, -0.05) is 224 Å². The molecule has 0 bridgehead atoms. The number of amidine groups is 2. The van der Waals surface area contributed by atoms with Crippen LogP contribution in [0.3, 0.4) is 0 Å². The molecule has 4 fully saturated rings. The zero-order valence-electron chi connectivity index (χ0n) is 96.1. The first kappa shape index (κ1) is 139. The maximum absolute atomic E-state index is 12.6. The number of ether oxygens (including phenoxy) is 7. The number of carbonyl (C=O) groups excluding carboxylic acids is 10. The number of benzene rings is 1. The largest absolute Gasteiger partial charge is 0.481 e. The van der Waals surface area contributed by atoms with Crippen LogP contribution in [0, 0.1) is 23.7 Å². The number of alkyl carbamates (subject to hydrolysis) is 1. The second-order valence-electron chi connectivity index (χ2n) is 46.2. The summed E-state index contributed by atoms with van der Waals surface area (Å²) in [6.45, 7) is 48.0. The van der Waals surface area contributed by atoms with Crippen molar-refractivity contribution in [1.29, 1.82) is 0 Å². The van der Waals surface area contributed by atoms with Gasteiger partial charge in [-0.3, -0.25) is 38.9 Å². The summed E-state index contributed by atoms with van der Waals surface area (Å²) in [5.41, 5.74) is 11.6. The Kier molecular flexibility index (Phi) is 74.7. The van der Waals surface area contributed by atoms with Gasteiger partial charge < -0.3 is 55.3 Å². The molecular formula is C118H208Cl2N10O17. The summed E-state index contributed by atoms with van der Waals surface area (Å²) in [5, 5.41) is 5.76. The summed E-state index contributed by atoms with van der Waals surface area (Å²) >= 11 is 0. The number of rotatable bonds is 38. The van der Waals surface area contributed by atoms with E-state index in [0.717, 1.165) is 228 Å². The molecule has 1 aromatic carbocycles. The number of esters is 2. The molecule has 1 aromatic rings. The van der Waals surface area contributed by atoms with Crippen molar-refractivity contribution in [3.63, 3.8) is 0 Å². The number of likely N-dealkylation sites (tertiary alicyclic amines) is 3. The Hall–Kier alpha value is -8.07. The summed E-state index contributed by atoms with van der Waals surface area (Å²) in [6.07, 6.45) is 58.6. The molecule has 27 nitrogen and oxygen atoms in total. The minimum absolute atomic E-state index is 0. The van der Waals surface area contributed by atoms with Gasteiger partial charge in [0.1, 0.15) is 35.1 Å². The van der Waals surface area contributed by atoms with Crippen LogP contribution >= 0.6 is 24.8 Å². The first-order valence-corrected chi connectivity index (χ1v) is 56.5. The highest BCUT2D eigenvalue weighted by Gasteiger charge is 2.39. The lowest BCUT2D eigenvalue weighted by Gasteiger charge is -2.31. The first-order valence-electron chi connectivity index (χ1n) is 56.5. The quantitative estimate of drug-likeness (QED) is 0.0207. The Balaban J connectivity index is 0.00000171. The molecule has 8 rings (SSSR count). The van der Waals surface area contributed by atoms with E-state index in [0.29, 0.717) is 62.2 Å². The third-order valence-corrected chi connectivity index (χ3v) is 25.9. The number of hydrogen-bond donors (Lipinski definition) is 4. The van der Waals surface area contributed by atoms with E-state index in [1.54, 1.807) is 20.8 Å². The number of halogens is 2. The third kappa shape index (κ3) is 70.6. The molecule has 846 valence electrons. The Labute approximate surface area is 903 Å². The van der Waals surface area contributed by atoms with Crippen molar-refractivity contribution in [2.24, 2.45) is 50.1 Å². The van der Waals surface area contributed by atoms with Crippen LogP contribution in [-0.4, -0.2) is 177 Å². The SMILES string of the molecule is C=CCCCC1CCCCC(=O)N1C(=O)OC(C)(C)C.CC(C)(C)OC(=O)NC(CC=CCC1CCCCC(N)=N1)C(=O)OCc1ccccc1.CC(C)=CCCCC1CCCCC(=O)N1C(=O)OC(C)(C)C.CC(C)CCCCC1CCCCC(=O)N1.CC(C)CCCCC1CCCCC(=O)N1C(=O)OC(C)(C)C.CC(C)CCCCC1CCCCC(N)=N1.CCOC1=NC(CCCCC(C)C(=O)OC)CCCC1.Cl.Cl. The fourth-order valence-corrected chi connectivity index (χ4v) is 18.2. The number of aliphatic imine (C=N–C) groups is 3. The van der Waals surface area contributed by atoms with Crippen LogP contribution < -0.4 is 22.1 Å². The molecule has 9 unspecified atom stereocenters. The van der Waals surface area contributed by atoms with Crippen LogP contribution in [0.1, 0.15) is 492 Å². The molecule has 0 aliphatic carbocycles. The van der Waals surface area contributed by atoms with Gasteiger partial charge in [-0.25, -0.2) is 38.7 Å². The molecular weight excluding hydrogens is 1900 g/mol. The number of carbonyl (C=O) groups is 10. The van der Waals surface area contributed by atoms with E-state index in [4.69, 9.17) is 49.6 Å². The molecule has 7 aliphatic rings. The lowest BCUT2D eigenvalue weighted by molar-refractivity contribution is -0.147. The number of imide groups is 3. The van der Waals surface area contributed by atoms with Gasteiger partial charge in [0.15, 0.2) is 5.90 Å². The maximum atomic E-state index is 12.6. The van der Waals surface area contributed by atoms with Crippen LogP contribution in [0.25, 0.3) is 0 Å². The van der Waals surface area contributed by atoms with Gasteiger partial charge in [0, 0.05) is 69.1 Å². The number of amides is 8. The number of unbranched alkanes of at least 4 members (excludes halogenated alkanes) is 6. The Morgan fingerprint density at radius 1 is 0.463 bits per heavy atom. The normalized spacial score (nSPS) is 20.0. The first-order chi connectivity index (χ1) is 68.5. The van der Waals surface area contributed by atoms with Crippen LogP contribution in [0.4, 0.5) is 19.2 Å².